The van der Waals surface area contributed by atoms with E-state index in [9.17, 15) is 0 Å². The van der Waals surface area contributed by atoms with Crippen molar-refractivity contribution in [1.82, 2.24) is 0 Å². The monoisotopic (exact) mass is 577 g/mol. The summed E-state index contributed by atoms with van der Waals surface area (Å²) in [5.74, 6) is 0. The average Bonchev–Trinajstić information content (AvgIpc) is 3.01. The van der Waals surface area contributed by atoms with Crippen LogP contribution in [0.25, 0.3) is 0 Å². The van der Waals surface area contributed by atoms with Gasteiger partial charge >= 0.3 is 0 Å². The quantitative estimate of drug-likeness (QED) is 0.172. The number of rotatable bonds is 13. The van der Waals surface area contributed by atoms with Crippen LogP contribution in [0.1, 0.15) is 81.5 Å². The molecular formula is C40H56AlN. The standard InChI is InChI=1S/C12H27N.4C7H7.Al/c1-4-7-10-13(11-8-5-2)12-9-6-3;4*1-7-5-3-2-4-6-7;/h4-12H2,1-3H3;4*3-6H,1H3;/q;;;;;-1/p+1. The molecule has 0 aliphatic carbocycles. The van der Waals surface area contributed by atoms with Crippen molar-refractivity contribution in [3.8, 4) is 0 Å². The van der Waals surface area contributed by atoms with E-state index in [1.807, 2.05) is 4.90 Å². The van der Waals surface area contributed by atoms with Crippen LogP contribution in [-0.2, 0) is 0 Å². The van der Waals surface area contributed by atoms with Gasteiger partial charge in [-0.25, -0.2) is 17.7 Å². The van der Waals surface area contributed by atoms with Crippen molar-refractivity contribution in [3.05, 3.63) is 119 Å². The Balaban J connectivity index is 0.000000316. The first kappa shape index (κ1) is 33.9. The molecule has 0 bridgehead atoms. The third-order valence-corrected chi connectivity index (χ3v) is 14.5. The van der Waals surface area contributed by atoms with Gasteiger partial charge in [0.05, 0.1) is 19.6 Å². The van der Waals surface area contributed by atoms with E-state index >= 15 is 0 Å². The van der Waals surface area contributed by atoms with Gasteiger partial charge in [-0.2, -0.15) is 0 Å². The van der Waals surface area contributed by atoms with E-state index in [0.717, 1.165) is 0 Å². The van der Waals surface area contributed by atoms with Crippen molar-refractivity contribution >= 4 is 30.8 Å². The highest BCUT2D eigenvalue weighted by atomic mass is 27.2. The van der Waals surface area contributed by atoms with Crippen molar-refractivity contribution in [3.63, 3.8) is 0 Å². The van der Waals surface area contributed by atoms with Crippen LogP contribution in [0.2, 0.25) is 0 Å². The maximum Gasteiger partial charge on any atom is 0.266 e. The SMILES string of the molecule is CCCC[NH+](CCCC)CCCC.Cc1cc[c]([Al-]([c]2ccc(C)cc2)([c]2ccc(C)cc2)[c]2ccc(C)cc2)cc1. The van der Waals surface area contributed by atoms with Crippen LogP contribution < -0.4 is 22.6 Å². The van der Waals surface area contributed by atoms with E-state index in [-0.39, 0.29) is 0 Å². The molecule has 0 aliphatic heterocycles. The van der Waals surface area contributed by atoms with E-state index in [1.165, 1.54) is 98.1 Å². The molecule has 4 rings (SSSR count). The Labute approximate surface area is 260 Å². The summed E-state index contributed by atoms with van der Waals surface area (Å²) in [5.41, 5.74) is 5.22. The topological polar surface area (TPSA) is 4.44 Å². The zero-order chi connectivity index (χ0) is 30.4. The lowest BCUT2D eigenvalue weighted by atomic mass is 10.2. The second-order valence-electron chi connectivity index (χ2n) is 12.6. The lowest BCUT2D eigenvalue weighted by Gasteiger charge is -2.41. The summed E-state index contributed by atoms with van der Waals surface area (Å²) in [5, 5.41) is 0. The molecule has 0 unspecified atom stereocenters. The van der Waals surface area contributed by atoms with Crippen molar-refractivity contribution < 1.29 is 4.90 Å². The molecular weight excluding hydrogens is 521 g/mol. The van der Waals surface area contributed by atoms with Gasteiger partial charge in [0.2, 0.25) is 0 Å². The van der Waals surface area contributed by atoms with E-state index < -0.39 is 13.1 Å². The largest absolute Gasteiger partial charge is 0.335 e. The number of nitrogens with one attached hydrogen (secondary N) is 1. The minimum Gasteiger partial charge on any atom is -0.335 e. The summed E-state index contributed by atoms with van der Waals surface area (Å²) in [6, 6.07) is 37.0. The van der Waals surface area contributed by atoms with Gasteiger partial charge in [-0.3, -0.25) is 0 Å². The first-order chi connectivity index (χ1) is 20.3. The van der Waals surface area contributed by atoms with Gasteiger partial charge in [-0.05, 0) is 47.0 Å². The molecule has 0 saturated heterocycles. The predicted molar refractivity (Wildman–Crippen MR) is 189 cm³/mol. The predicted octanol–water partition coefficient (Wildman–Crippen LogP) is 6.57. The number of unbranched alkanes of at least 4 members (excludes halogenated alkanes) is 3. The number of quaternary nitrogens is 1. The Morgan fingerprint density at radius 1 is 0.381 bits per heavy atom. The highest BCUT2D eigenvalue weighted by molar-refractivity contribution is 7.19. The summed E-state index contributed by atoms with van der Waals surface area (Å²) in [6.07, 6.45) is 8.26. The molecule has 1 N–H and O–H groups in total. The molecule has 0 heterocycles. The number of aryl methyl sites for hydroxylation is 4. The highest BCUT2D eigenvalue weighted by Gasteiger charge is 2.36. The minimum atomic E-state index is -2.80. The van der Waals surface area contributed by atoms with Crippen LogP contribution >= 0.6 is 0 Å². The van der Waals surface area contributed by atoms with Crippen LogP contribution in [0.5, 0.6) is 0 Å². The molecule has 224 valence electrons. The Morgan fingerprint density at radius 2 is 0.595 bits per heavy atom. The highest BCUT2D eigenvalue weighted by Crippen LogP contribution is 2.12. The van der Waals surface area contributed by atoms with Crippen LogP contribution in [-0.4, -0.2) is 32.7 Å². The van der Waals surface area contributed by atoms with Gasteiger partial charge in [0.1, 0.15) is 0 Å². The summed E-state index contributed by atoms with van der Waals surface area (Å²) in [7, 11) is 0. The lowest BCUT2D eigenvalue weighted by molar-refractivity contribution is -0.900. The van der Waals surface area contributed by atoms with Gasteiger partial charge in [-0.1, -0.05) is 111 Å². The number of hydrogen-bond donors (Lipinski definition) is 1. The molecule has 0 aromatic heterocycles. The van der Waals surface area contributed by atoms with E-state index in [4.69, 9.17) is 0 Å². The molecule has 0 saturated carbocycles. The molecule has 0 amide bonds. The summed E-state index contributed by atoms with van der Waals surface area (Å²) in [4.78, 5) is 1.84. The van der Waals surface area contributed by atoms with Crippen LogP contribution in [0.4, 0.5) is 0 Å². The Kier molecular flexibility index (Phi) is 14.1. The maximum atomic E-state index is 2.36. The number of hydrogen-bond acceptors (Lipinski definition) is 0. The lowest BCUT2D eigenvalue weighted by Crippen LogP contribution is -3.12. The Morgan fingerprint density at radius 3 is 0.786 bits per heavy atom. The second-order valence-corrected chi connectivity index (χ2v) is 17.0. The van der Waals surface area contributed by atoms with Gasteiger partial charge in [0, 0.05) is 0 Å². The smallest absolute Gasteiger partial charge is 0.266 e. The van der Waals surface area contributed by atoms with Gasteiger partial charge < -0.3 is 4.90 Å². The van der Waals surface area contributed by atoms with E-state index in [2.05, 4.69) is 146 Å². The average molecular weight is 578 g/mol. The fraction of sp³-hybridized carbons (Fsp3) is 0.400. The summed E-state index contributed by atoms with van der Waals surface area (Å²) >= 11 is -2.80. The van der Waals surface area contributed by atoms with Crippen LogP contribution in [0.3, 0.4) is 0 Å². The van der Waals surface area contributed by atoms with Crippen LogP contribution in [0, 0.1) is 27.7 Å². The molecule has 0 atom stereocenters. The molecule has 1 nitrogen and oxygen atoms in total. The van der Waals surface area contributed by atoms with E-state index in [1.54, 1.807) is 0 Å². The van der Waals surface area contributed by atoms with E-state index in [0.29, 0.717) is 0 Å². The van der Waals surface area contributed by atoms with Crippen molar-refractivity contribution in [2.45, 2.75) is 87.0 Å². The number of benzene rings is 4. The fourth-order valence-corrected chi connectivity index (χ4v) is 11.6. The molecule has 0 aliphatic rings. The second kappa shape index (κ2) is 17.5. The molecule has 0 fully saturated rings. The van der Waals surface area contributed by atoms with Gasteiger partial charge in [0.15, 0.2) is 0 Å². The van der Waals surface area contributed by atoms with Crippen molar-refractivity contribution in [2.75, 3.05) is 19.6 Å². The first-order valence-corrected chi connectivity index (χ1v) is 18.9. The third-order valence-electron chi connectivity index (χ3n) is 8.96. The fourth-order valence-electron chi connectivity index (χ4n) is 6.23. The molecule has 0 spiro atoms. The van der Waals surface area contributed by atoms with Crippen molar-refractivity contribution in [1.29, 1.82) is 0 Å². The van der Waals surface area contributed by atoms with Crippen LogP contribution in [0.15, 0.2) is 97.1 Å². The van der Waals surface area contributed by atoms with Gasteiger partial charge in [-0.15, -0.1) is 48.5 Å². The molecule has 2 heteroatoms. The molecule has 4 aromatic carbocycles. The molecule has 42 heavy (non-hydrogen) atoms. The Bertz CT molecular complexity index is 1080. The van der Waals surface area contributed by atoms with Crippen molar-refractivity contribution in [2.24, 2.45) is 0 Å². The zero-order valence-electron chi connectivity index (χ0n) is 27.7. The third kappa shape index (κ3) is 9.18. The minimum absolute atomic E-state index is 1.30. The summed E-state index contributed by atoms with van der Waals surface area (Å²) in [6.45, 7) is 19.7. The molecule has 0 radical (unpaired) electrons. The normalized spacial score (nSPS) is 11.3. The van der Waals surface area contributed by atoms with Gasteiger partial charge in [0.25, 0.3) is 13.1 Å². The zero-order valence-corrected chi connectivity index (χ0v) is 28.8. The molecule has 4 aromatic rings. The maximum absolute atomic E-state index is 2.80. The summed E-state index contributed by atoms with van der Waals surface area (Å²) < 4.78 is 5.83. The Hall–Kier alpha value is -2.63. The first-order valence-electron chi connectivity index (χ1n) is 16.6.